The van der Waals surface area contributed by atoms with Gasteiger partial charge in [-0.15, -0.1) is 0 Å². The summed E-state index contributed by atoms with van der Waals surface area (Å²) >= 11 is 0. The van der Waals surface area contributed by atoms with Gasteiger partial charge in [0.25, 0.3) is 5.56 Å². The van der Waals surface area contributed by atoms with Crippen molar-refractivity contribution < 1.29 is 9.53 Å². The molecule has 32 heavy (non-hydrogen) atoms. The molecule has 1 aromatic heterocycles. The van der Waals surface area contributed by atoms with E-state index in [1.807, 2.05) is 42.5 Å². The molecule has 168 valence electrons. The molecule has 6 nitrogen and oxygen atoms in total. The van der Waals surface area contributed by atoms with E-state index in [4.69, 9.17) is 4.74 Å². The van der Waals surface area contributed by atoms with E-state index in [9.17, 15) is 9.59 Å². The predicted octanol–water partition coefficient (Wildman–Crippen LogP) is 4.21. The van der Waals surface area contributed by atoms with Crippen LogP contribution in [0.1, 0.15) is 50.4 Å². The maximum atomic E-state index is 12.9. The van der Waals surface area contributed by atoms with Gasteiger partial charge in [-0.2, -0.15) is 0 Å². The number of carbonyl (C=O) groups excluding carboxylic acids is 1. The topological polar surface area (TPSA) is 67.3 Å². The average molecular weight is 434 g/mol. The second kappa shape index (κ2) is 9.07. The summed E-state index contributed by atoms with van der Waals surface area (Å²) in [5, 5.41) is 3.21. The Bertz CT molecular complexity index is 1120. The number of hydrogen-bond donors (Lipinski definition) is 1. The van der Waals surface area contributed by atoms with Gasteiger partial charge in [0.2, 0.25) is 5.91 Å². The minimum absolute atomic E-state index is 0.0641. The molecule has 2 aromatic carbocycles. The first-order chi connectivity index (χ1) is 15.3. The van der Waals surface area contributed by atoms with Gasteiger partial charge in [-0.25, -0.2) is 4.68 Å². The SMILES string of the molecule is CC(C)(C)c1ccc(OCCCC(=O)N2CCc3[nH]n(-c4ccccc4)c(=O)c3C2)cc1. The van der Waals surface area contributed by atoms with E-state index in [-0.39, 0.29) is 16.9 Å². The first-order valence-electron chi connectivity index (χ1n) is 11.2. The maximum absolute atomic E-state index is 12.9. The van der Waals surface area contributed by atoms with Gasteiger partial charge in [0.1, 0.15) is 5.75 Å². The second-order valence-electron chi connectivity index (χ2n) is 9.34. The van der Waals surface area contributed by atoms with Crippen LogP contribution in [0, 0.1) is 0 Å². The third kappa shape index (κ3) is 4.79. The van der Waals surface area contributed by atoms with E-state index >= 15 is 0 Å². The molecule has 0 atom stereocenters. The zero-order chi connectivity index (χ0) is 22.7. The number of fused-ring (bicyclic) bond motifs is 1. The van der Waals surface area contributed by atoms with Crippen molar-refractivity contribution in [3.05, 3.63) is 81.8 Å². The molecule has 0 bridgehead atoms. The van der Waals surface area contributed by atoms with Gasteiger partial charge < -0.3 is 9.64 Å². The highest BCUT2D eigenvalue weighted by molar-refractivity contribution is 5.76. The highest BCUT2D eigenvalue weighted by atomic mass is 16.5. The fourth-order valence-electron chi connectivity index (χ4n) is 4.00. The van der Waals surface area contributed by atoms with Gasteiger partial charge >= 0.3 is 0 Å². The third-order valence-electron chi connectivity index (χ3n) is 5.94. The molecule has 3 aromatic rings. The van der Waals surface area contributed by atoms with Crippen molar-refractivity contribution in [3.8, 4) is 11.4 Å². The largest absolute Gasteiger partial charge is 0.494 e. The maximum Gasteiger partial charge on any atom is 0.276 e. The van der Waals surface area contributed by atoms with Crippen molar-refractivity contribution >= 4 is 5.91 Å². The highest BCUT2D eigenvalue weighted by Gasteiger charge is 2.25. The smallest absolute Gasteiger partial charge is 0.276 e. The summed E-state index contributed by atoms with van der Waals surface area (Å²) in [7, 11) is 0. The molecular weight excluding hydrogens is 402 g/mol. The number of amides is 1. The van der Waals surface area contributed by atoms with Gasteiger partial charge in [-0.05, 0) is 41.7 Å². The molecule has 0 fully saturated rings. The molecule has 1 aliphatic heterocycles. The van der Waals surface area contributed by atoms with Crippen molar-refractivity contribution in [3.63, 3.8) is 0 Å². The standard InChI is InChI=1S/C26H31N3O3/c1-26(2,3)19-11-13-21(14-12-19)32-17-7-10-24(30)28-16-15-23-22(18-28)25(31)29(27-23)20-8-5-4-6-9-20/h4-6,8-9,11-14,27H,7,10,15-18H2,1-3H3. The number of benzene rings is 2. The van der Waals surface area contributed by atoms with Crippen LogP contribution in [0.4, 0.5) is 0 Å². The van der Waals surface area contributed by atoms with Crippen LogP contribution < -0.4 is 10.3 Å². The number of nitrogens with one attached hydrogen (secondary N) is 1. The van der Waals surface area contributed by atoms with E-state index in [1.165, 1.54) is 5.56 Å². The van der Waals surface area contributed by atoms with Crippen LogP contribution in [0.5, 0.6) is 5.75 Å². The number of H-pyrrole nitrogens is 1. The molecule has 0 unspecified atom stereocenters. The minimum atomic E-state index is -0.0780. The number of aromatic amines is 1. The van der Waals surface area contributed by atoms with E-state index in [0.29, 0.717) is 44.5 Å². The molecule has 1 aliphatic rings. The molecule has 0 saturated carbocycles. The number of carbonyl (C=O) groups is 1. The zero-order valence-corrected chi connectivity index (χ0v) is 19.1. The summed E-state index contributed by atoms with van der Waals surface area (Å²) in [4.78, 5) is 27.4. The van der Waals surface area contributed by atoms with E-state index in [2.05, 4.69) is 38.0 Å². The van der Waals surface area contributed by atoms with Crippen molar-refractivity contribution in [1.82, 2.24) is 14.7 Å². The molecule has 4 rings (SSSR count). The number of nitrogens with zero attached hydrogens (tertiary/aromatic N) is 2. The van der Waals surface area contributed by atoms with Crippen LogP contribution in [0.25, 0.3) is 5.69 Å². The summed E-state index contributed by atoms with van der Waals surface area (Å²) in [6, 6.07) is 17.7. The summed E-state index contributed by atoms with van der Waals surface area (Å²) in [6.07, 6.45) is 1.71. The van der Waals surface area contributed by atoms with Crippen LogP contribution in [0.2, 0.25) is 0 Å². The summed E-state index contributed by atoms with van der Waals surface area (Å²) < 4.78 is 7.38. The van der Waals surface area contributed by atoms with E-state index in [1.54, 1.807) is 9.58 Å². The lowest BCUT2D eigenvalue weighted by atomic mass is 9.87. The normalized spacial score (nSPS) is 13.7. The van der Waals surface area contributed by atoms with Gasteiger partial charge in [0.15, 0.2) is 0 Å². The van der Waals surface area contributed by atoms with Crippen molar-refractivity contribution in [1.29, 1.82) is 0 Å². The second-order valence-corrected chi connectivity index (χ2v) is 9.34. The number of rotatable bonds is 6. The Kier molecular flexibility index (Phi) is 6.21. The summed E-state index contributed by atoms with van der Waals surface area (Å²) in [5.74, 6) is 0.885. The molecule has 0 radical (unpaired) electrons. The zero-order valence-electron chi connectivity index (χ0n) is 19.1. The Morgan fingerprint density at radius 2 is 1.78 bits per heavy atom. The van der Waals surface area contributed by atoms with Gasteiger partial charge in [-0.1, -0.05) is 51.1 Å². The van der Waals surface area contributed by atoms with Crippen LogP contribution in [-0.4, -0.2) is 33.7 Å². The molecule has 0 aliphatic carbocycles. The van der Waals surface area contributed by atoms with Crippen LogP contribution >= 0.6 is 0 Å². The molecular formula is C26H31N3O3. The predicted molar refractivity (Wildman–Crippen MR) is 125 cm³/mol. The number of aromatic nitrogens is 2. The van der Waals surface area contributed by atoms with Crippen molar-refractivity contribution in [2.24, 2.45) is 0 Å². The van der Waals surface area contributed by atoms with E-state index < -0.39 is 0 Å². The first kappa shape index (κ1) is 21.9. The molecule has 1 N–H and O–H groups in total. The lowest BCUT2D eigenvalue weighted by molar-refractivity contribution is -0.132. The Morgan fingerprint density at radius 1 is 1.06 bits per heavy atom. The molecule has 0 spiro atoms. The van der Waals surface area contributed by atoms with Crippen molar-refractivity contribution in [2.75, 3.05) is 13.2 Å². The average Bonchev–Trinajstić information content (AvgIpc) is 3.13. The fourth-order valence-corrected chi connectivity index (χ4v) is 4.00. The van der Waals surface area contributed by atoms with Gasteiger partial charge in [0.05, 0.1) is 24.4 Å². The number of para-hydroxylation sites is 1. The van der Waals surface area contributed by atoms with E-state index in [0.717, 1.165) is 17.1 Å². The molecule has 0 saturated heterocycles. The van der Waals surface area contributed by atoms with Crippen LogP contribution in [0.3, 0.4) is 0 Å². The lowest BCUT2D eigenvalue weighted by Crippen LogP contribution is -2.37. The Morgan fingerprint density at radius 3 is 2.47 bits per heavy atom. The minimum Gasteiger partial charge on any atom is -0.494 e. The number of ether oxygens (including phenoxy) is 1. The monoisotopic (exact) mass is 433 g/mol. The summed E-state index contributed by atoms with van der Waals surface area (Å²) in [6.45, 7) is 8.02. The van der Waals surface area contributed by atoms with Crippen LogP contribution in [-0.2, 0) is 23.2 Å². The quantitative estimate of drug-likeness (QED) is 0.592. The molecule has 2 heterocycles. The first-order valence-corrected chi connectivity index (χ1v) is 11.2. The van der Waals surface area contributed by atoms with Crippen molar-refractivity contribution in [2.45, 2.75) is 52.0 Å². The van der Waals surface area contributed by atoms with Gasteiger partial charge in [0, 0.05) is 25.1 Å². The highest BCUT2D eigenvalue weighted by Crippen LogP contribution is 2.24. The third-order valence-corrected chi connectivity index (χ3v) is 5.94. The van der Waals surface area contributed by atoms with Gasteiger partial charge in [-0.3, -0.25) is 14.7 Å². The lowest BCUT2D eigenvalue weighted by Gasteiger charge is -2.26. The molecule has 6 heteroatoms. The summed E-state index contributed by atoms with van der Waals surface area (Å²) in [5.41, 5.74) is 3.71. The Balaban J connectivity index is 1.29. The Labute approximate surface area is 188 Å². The fraction of sp³-hybridized carbons (Fsp3) is 0.385. The Hall–Kier alpha value is -3.28. The number of hydrogen-bond acceptors (Lipinski definition) is 3. The molecule has 1 amide bonds. The van der Waals surface area contributed by atoms with Crippen LogP contribution in [0.15, 0.2) is 59.4 Å².